The number of pyridine rings is 1. The second kappa shape index (κ2) is 9.07. The summed E-state index contributed by atoms with van der Waals surface area (Å²) < 4.78 is 18.0. The minimum absolute atomic E-state index is 0.238. The van der Waals surface area contributed by atoms with Gasteiger partial charge in [-0.05, 0) is 45.8 Å². The van der Waals surface area contributed by atoms with Crippen molar-refractivity contribution in [3.63, 3.8) is 0 Å². The van der Waals surface area contributed by atoms with Crippen molar-refractivity contribution in [2.45, 2.75) is 0 Å². The number of halogens is 1. The molecule has 0 saturated carbocycles. The summed E-state index contributed by atoms with van der Waals surface area (Å²) in [6.07, 6.45) is 3.26. The fourth-order valence-corrected chi connectivity index (χ4v) is 3.25. The van der Waals surface area contributed by atoms with Crippen molar-refractivity contribution < 1.29 is 19.0 Å². The number of ether oxygens (including phenoxy) is 3. The van der Waals surface area contributed by atoms with E-state index in [0.29, 0.717) is 47.8 Å². The summed E-state index contributed by atoms with van der Waals surface area (Å²) in [4.78, 5) is 27.4. The van der Waals surface area contributed by atoms with Gasteiger partial charge in [0, 0.05) is 29.8 Å². The molecule has 1 aliphatic heterocycles. The van der Waals surface area contributed by atoms with Crippen molar-refractivity contribution in [1.29, 1.82) is 0 Å². The number of carbonyl (C=O) groups excluding carboxylic acids is 1. The van der Waals surface area contributed by atoms with Gasteiger partial charge >= 0.3 is 0 Å². The quantitative estimate of drug-likeness (QED) is 0.657. The van der Waals surface area contributed by atoms with Gasteiger partial charge in [-0.25, -0.2) is 0 Å². The molecule has 28 heavy (non-hydrogen) atoms. The van der Waals surface area contributed by atoms with Crippen LogP contribution in [0.4, 0.5) is 0 Å². The molecule has 0 atom stereocenters. The lowest BCUT2D eigenvalue weighted by atomic mass is 10.1. The summed E-state index contributed by atoms with van der Waals surface area (Å²) >= 11 is 3.37. The molecule has 1 amide bonds. The van der Waals surface area contributed by atoms with Crippen LogP contribution in [-0.4, -0.2) is 55.9 Å². The number of rotatable bonds is 5. The highest BCUT2D eigenvalue weighted by Gasteiger charge is 2.23. The Bertz CT molecular complexity index is 948. The zero-order chi connectivity index (χ0) is 20.1. The van der Waals surface area contributed by atoms with Crippen LogP contribution in [0.15, 0.2) is 45.8 Å². The average Bonchev–Trinajstić information content (AvgIpc) is 2.73. The molecule has 0 N–H and O–H groups in total. The molecule has 2 heterocycles. The molecular weight excluding hydrogens is 428 g/mol. The van der Waals surface area contributed by atoms with Gasteiger partial charge in [-0.1, -0.05) is 6.07 Å². The summed E-state index contributed by atoms with van der Waals surface area (Å²) in [5.74, 6) is 0.884. The minimum Gasteiger partial charge on any atom is -0.493 e. The SMILES string of the molecule is COc1ccc(C=C(C(=O)N2CCOCC2)n2cc(Br)ccc2=O)cc1OC. The summed E-state index contributed by atoms with van der Waals surface area (Å²) in [5, 5.41) is 0. The normalized spacial score (nSPS) is 14.7. The van der Waals surface area contributed by atoms with Gasteiger partial charge in [0.1, 0.15) is 5.70 Å². The molecule has 1 fully saturated rings. The Morgan fingerprint density at radius 3 is 2.50 bits per heavy atom. The van der Waals surface area contributed by atoms with E-state index in [2.05, 4.69) is 15.9 Å². The number of aromatic nitrogens is 1. The van der Waals surface area contributed by atoms with E-state index in [9.17, 15) is 9.59 Å². The predicted molar refractivity (Wildman–Crippen MR) is 110 cm³/mol. The van der Waals surface area contributed by atoms with Crippen LogP contribution in [-0.2, 0) is 9.53 Å². The number of hydrogen-bond acceptors (Lipinski definition) is 5. The standard InChI is InChI=1S/C20H21BrN2O5/c1-26-17-5-3-14(12-18(17)27-2)11-16(20(25)22-7-9-28-10-8-22)23-13-15(21)4-6-19(23)24/h3-6,11-13H,7-10H2,1-2H3. The fraction of sp³-hybridized carbons (Fsp3) is 0.300. The van der Waals surface area contributed by atoms with E-state index in [1.807, 2.05) is 0 Å². The molecule has 0 bridgehead atoms. The number of methoxy groups -OCH3 is 2. The highest BCUT2D eigenvalue weighted by Crippen LogP contribution is 2.29. The van der Waals surface area contributed by atoms with Crippen molar-refractivity contribution in [2.24, 2.45) is 0 Å². The minimum atomic E-state index is -0.295. The van der Waals surface area contributed by atoms with Crippen molar-refractivity contribution in [3.8, 4) is 11.5 Å². The van der Waals surface area contributed by atoms with Crippen molar-refractivity contribution in [3.05, 3.63) is 56.9 Å². The number of amides is 1. The topological polar surface area (TPSA) is 70.0 Å². The third-order valence-electron chi connectivity index (χ3n) is 4.36. The van der Waals surface area contributed by atoms with E-state index in [1.165, 1.54) is 10.6 Å². The smallest absolute Gasteiger partial charge is 0.271 e. The first-order valence-electron chi connectivity index (χ1n) is 8.73. The van der Waals surface area contributed by atoms with Gasteiger partial charge < -0.3 is 19.1 Å². The summed E-state index contributed by atoms with van der Waals surface area (Å²) in [6, 6.07) is 8.38. The second-order valence-electron chi connectivity index (χ2n) is 6.10. The molecule has 0 aliphatic carbocycles. The zero-order valence-electron chi connectivity index (χ0n) is 15.7. The number of nitrogens with zero attached hydrogens (tertiary/aromatic N) is 2. The van der Waals surface area contributed by atoms with E-state index in [1.54, 1.807) is 55.7 Å². The second-order valence-corrected chi connectivity index (χ2v) is 7.02. The van der Waals surface area contributed by atoms with Gasteiger partial charge in [-0.2, -0.15) is 0 Å². The van der Waals surface area contributed by atoms with E-state index < -0.39 is 0 Å². The van der Waals surface area contributed by atoms with E-state index >= 15 is 0 Å². The van der Waals surface area contributed by atoms with Crippen molar-refractivity contribution >= 4 is 33.6 Å². The summed E-state index contributed by atoms with van der Waals surface area (Å²) in [6.45, 7) is 1.90. The summed E-state index contributed by atoms with van der Waals surface area (Å²) in [7, 11) is 3.10. The van der Waals surface area contributed by atoms with E-state index in [-0.39, 0.29) is 17.2 Å². The van der Waals surface area contributed by atoms with Gasteiger partial charge in [0.2, 0.25) is 0 Å². The average molecular weight is 449 g/mol. The highest BCUT2D eigenvalue weighted by molar-refractivity contribution is 9.10. The lowest BCUT2D eigenvalue weighted by Crippen LogP contribution is -2.42. The van der Waals surface area contributed by atoms with Crippen LogP contribution >= 0.6 is 15.9 Å². The zero-order valence-corrected chi connectivity index (χ0v) is 17.3. The monoisotopic (exact) mass is 448 g/mol. The molecule has 3 rings (SSSR count). The molecular formula is C20H21BrN2O5. The van der Waals surface area contributed by atoms with Crippen LogP contribution in [0.1, 0.15) is 5.56 Å². The largest absolute Gasteiger partial charge is 0.493 e. The summed E-state index contributed by atoms with van der Waals surface area (Å²) in [5.41, 5.74) is 0.665. The first kappa shape index (κ1) is 20.2. The Labute approximate surface area is 171 Å². The first-order chi connectivity index (χ1) is 13.5. The maximum absolute atomic E-state index is 13.2. The van der Waals surface area contributed by atoms with Crippen LogP contribution < -0.4 is 15.0 Å². The number of hydrogen-bond donors (Lipinski definition) is 0. The Kier molecular flexibility index (Phi) is 6.53. The highest BCUT2D eigenvalue weighted by atomic mass is 79.9. The van der Waals surface area contributed by atoms with E-state index in [4.69, 9.17) is 14.2 Å². The van der Waals surface area contributed by atoms with Gasteiger partial charge in [0.15, 0.2) is 11.5 Å². The van der Waals surface area contributed by atoms with Crippen LogP contribution in [0.2, 0.25) is 0 Å². The molecule has 1 aromatic heterocycles. The number of morpholine rings is 1. The van der Waals surface area contributed by atoms with Crippen LogP contribution in [0, 0.1) is 0 Å². The molecule has 0 radical (unpaired) electrons. The maximum Gasteiger partial charge on any atom is 0.271 e. The molecule has 7 nitrogen and oxygen atoms in total. The Hall–Kier alpha value is -2.58. The van der Waals surface area contributed by atoms with Gasteiger partial charge in [0.25, 0.3) is 11.5 Å². The third-order valence-corrected chi connectivity index (χ3v) is 4.83. The van der Waals surface area contributed by atoms with Gasteiger partial charge in [-0.15, -0.1) is 0 Å². The van der Waals surface area contributed by atoms with Crippen LogP contribution in [0.5, 0.6) is 11.5 Å². The molecule has 0 spiro atoms. The van der Waals surface area contributed by atoms with E-state index in [0.717, 1.165) is 0 Å². The lowest BCUT2D eigenvalue weighted by Gasteiger charge is -2.28. The lowest BCUT2D eigenvalue weighted by molar-refractivity contribution is -0.129. The molecule has 1 aliphatic rings. The number of benzene rings is 1. The van der Waals surface area contributed by atoms with Crippen LogP contribution in [0.25, 0.3) is 11.8 Å². The van der Waals surface area contributed by atoms with Crippen LogP contribution in [0.3, 0.4) is 0 Å². The first-order valence-corrected chi connectivity index (χ1v) is 9.52. The van der Waals surface area contributed by atoms with Crippen molar-refractivity contribution in [2.75, 3.05) is 40.5 Å². The Morgan fingerprint density at radius 2 is 1.82 bits per heavy atom. The Morgan fingerprint density at radius 1 is 1.11 bits per heavy atom. The molecule has 8 heteroatoms. The molecule has 0 unspecified atom stereocenters. The number of carbonyl (C=O) groups is 1. The van der Waals surface area contributed by atoms with Crippen molar-refractivity contribution in [1.82, 2.24) is 9.47 Å². The van der Waals surface area contributed by atoms with Gasteiger partial charge in [0.05, 0.1) is 27.4 Å². The van der Waals surface area contributed by atoms with Gasteiger partial charge in [-0.3, -0.25) is 14.2 Å². The Balaban J connectivity index is 2.10. The predicted octanol–water partition coefficient (Wildman–Crippen LogP) is 2.48. The molecule has 2 aromatic rings. The molecule has 148 valence electrons. The third kappa shape index (κ3) is 4.45. The maximum atomic E-state index is 13.2. The molecule has 1 aromatic carbocycles. The fourth-order valence-electron chi connectivity index (χ4n) is 2.91. The molecule has 1 saturated heterocycles.